The average molecular weight is 404 g/mol. The van der Waals surface area contributed by atoms with Crippen molar-refractivity contribution in [1.82, 2.24) is 14.5 Å². The molecular weight excluding hydrogens is 378 g/mol. The van der Waals surface area contributed by atoms with E-state index in [9.17, 15) is 13.2 Å². The quantitative estimate of drug-likeness (QED) is 0.800. The summed E-state index contributed by atoms with van der Waals surface area (Å²) >= 11 is 0. The smallest absolute Gasteiger partial charge is 0.317 e. The van der Waals surface area contributed by atoms with Gasteiger partial charge in [-0.3, -0.25) is 0 Å². The largest absolute Gasteiger partial charge is 0.497 e. The van der Waals surface area contributed by atoms with E-state index >= 15 is 0 Å². The monoisotopic (exact) mass is 403 g/mol. The molecule has 2 amide bonds. The van der Waals surface area contributed by atoms with Gasteiger partial charge in [0.25, 0.3) is 0 Å². The number of nitrogens with one attached hydrogen (secondary N) is 1. The van der Waals surface area contributed by atoms with Crippen LogP contribution >= 0.6 is 0 Å². The standard InChI is InChI=1S/C20H25N3O4S/c1-27-18-9-7-17(8-10-18)11-12-21-20(24)22-13-15-23(16-14-22)28(25,26)19-5-3-2-4-6-19/h2-10H,11-16H2,1H3,(H,21,24). The Balaban J connectivity index is 1.46. The lowest BCUT2D eigenvalue weighted by atomic mass is 10.1. The van der Waals surface area contributed by atoms with Crippen molar-refractivity contribution in [3.05, 3.63) is 60.2 Å². The number of amides is 2. The van der Waals surface area contributed by atoms with Gasteiger partial charge in [-0.15, -0.1) is 0 Å². The molecule has 1 N–H and O–H groups in total. The van der Waals surface area contributed by atoms with E-state index in [0.717, 1.165) is 17.7 Å². The summed E-state index contributed by atoms with van der Waals surface area (Å²) in [6, 6.07) is 15.9. The van der Waals surface area contributed by atoms with Crippen molar-refractivity contribution in [2.24, 2.45) is 0 Å². The van der Waals surface area contributed by atoms with Gasteiger partial charge in [-0.2, -0.15) is 4.31 Å². The van der Waals surface area contributed by atoms with Gasteiger partial charge in [0.15, 0.2) is 0 Å². The second kappa shape index (κ2) is 9.07. The van der Waals surface area contributed by atoms with Gasteiger partial charge in [-0.25, -0.2) is 13.2 Å². The highest BCUT2D eigenvalue weighted by atomic mass is 32.2. The Morgan fingerprint density at radius 1 is 1.00 bits per heavy atom. The Hall–Kier alpha value is -2.58. The number of nitrogens with zero attached hydrogens (tertiary/aromatic N) is 2. The zero-order valence-electron chi connectivity index (χ0n) is 15.9. The van der Waals surface area contributed by atoms with E-state index in [1.54, 1.807) is 42.3 Å². The Labute approximate surface area is 166 Å². The number of hydrogen-bond acceptors (Lipinski definition) is 4. The van der Waals surface area contributed by atoms with Crippen molar-refractivity contribution in [3.63, 3.8) is 0 Å². The predicted octanol–water partition coefficient (Wildman–Crippen LogP) is 1.95. The zero-order valence-corrected chi connectivity index (χ0v) is 16.7. The topological polar surface area (TPSA) is 79.0 Å². The molecule has 150 valence electrons. The van der Waals surface area contributed by atoms with E-state index in [0.29, 0.717) is 32.7 Å². The molecule has 0 aromatic heterocycles. The molecule has 0 unspecified atom stereocenters. The van der Waals surface area contributed by atoms with Crippen LogP contribution in [-0.2, 0) is 16.4 Å². The van der Waals surface area contributed by atoms with Gasteiger partial charge in [-0.1, -0.05) is 30.3 Å². The van der Waals surface area contributed by atoms with Crippen LogP contribution in [0, 0.1) is 0 Å². The molecule has 1 aliphatic heterocycles. The number of piperazine rings is 1. The molecule has 3 rings (SSSR count). The van der Waals surface area contributed by atoms with Gasteiger partial charge in [0.2, 0.25) is 10.0 Å². The van der Waals surface area contributed by atoms with E-state index in [1.807, 2.05) is 24.3 Å². The molecule has 1 heterocycles. The maximum absolute atomic E-state index is 12.6. The highest BCUT2D eigenvalue weighted by Crippen LogP contribution is 2.17. The third-order valence-electron chi connectivity index (χ3n) is 4.76. The van der Waals surface area contributed by atoms with Crippen molar-refractivity contribution >= 4 is 16.1 Å². The zero-order chi connectivity index (χ0) is 20.0. The molecule has 0 radical (unpaired) electrons. The van der Waals surface area contributed by atoms with Crippen LogP contribution in [0.4, 0.5) is 4.79 Å². The molecule has 1 aliphatic rings. The number of methoxy groups -OCH3 is 1. The second-order valence-corrected chi connectivity index (χ2v) is 8.47. The summed E-state index contributed by atoms with van der Waals surface area (Å²) in [5.74, 6) is 0.802. The van der Waals surface area contributed by atoms with Crippen molar-refractivity contribution in [3.8, 4) is 5.75 Å². The SMILES string of the molecule is COc1ccc(CCNC(=O)N2CCN(S(=O)(=O)c3ccccc3)CC2)cc1. The first-order chi connectivity index (χ1) is 13.5. The summed E-state index contributed by atoms with van der Waals surface area (Å²) in [7, 11) is -1.88. The van der Waals surface area contributed by atoms with Crippen LogP contribution in [0.5, 0.6) is 5.75 Å². The molecule has 0 saturated carbocycles. The maximum atomic E-state index is 12.6. The van der Waals surface area contributed by atoms with Gasteiger partial charge in [-0.05, 0) is 36.2 Å². The molecule has 1 fully saturated rings. The third kappa shape index (κ3) is 4.82. The van der Waals surface area contributed by atoms with Crippen molar-refractivity contribution < 1.29 is 17.9 Å². The minimum absolute atomic E-state index is 0.162. The van der Waals surface area contributed by atoms with Crippen LogP contribution in [0.2, 0.25) is 0 Å². The highest BCUT2D eigenvalue weighted by molar-refractivity contribution is 7.89. The summed E-state index contributed by atoms with van der Waals surface area (Å²) in [5, 5.41) is 2.90. The molecule has 0 bridgehead atoms. The Morgan fingerprint density at radius 3 is 2.25 bits per heavy atom. The first kappa shape index (κ1) is 20.2. The number of carbonyl (C=O) groups is 1. The Bertz CT molecular complexity index is 877. The molecule has 8 heteroatoms. The molecule has 0 spiro atoms. The molecule has 0 atom stereocenters. The average Bonchev–Trinajstić information content (AvgIpc) is 2.75. The van der Waals surface area contributed by atoms with Gasteiger partial charge in [0.1, 0.15) is 5.75 Å². The first-order valence-corrected chi connectivity index (χ1v) is 10.7. The fourth-order valence-corrected chi connectivity index (χ4v) is 4.53. The fraction of sp³-hybridized carbons (Fsp3) is 0.350. The van der Waals surface area contributed by atoms with E-state index in [4.69, 9.17) is 4.74 Å². The lowest BCUT2D eigenvalue weighted by Crippen LogP contribution is -2.53. The predicted molar refractivity (Wildman–Crippen MR) is 107 cm³/mol. The molecule has 0 aliphatic carbocycles. The number of ether oxygens (including phenoxy) is 1. The van der Waals surface area contributed by atoms with Gasteiger partial charge >= 0.3 is 6.03 Å². The molecular formula is C20H25N3O4S. The maximum Gasteiger partial charge on any atom is 0.317 e. The molecule has 2 aromatic carbocycles. The summed E-state index contributed by atoms with van der Waals surface area (Å²) in [4.78, 5) is 14.3. The Morgan fingerprint density at radius 2 is 1.64 bits per heavy atom. The third-order valence-corrected chi connectivity index (χ3v) is 6.67. The number of carbonyl (C=O) groups excluding carboxylic acids is 1. The number of hydrogen-bond donors (Lipinski definition) is 1. The molecule has 2 aromatic rings. The molecule has 1 saturated heterocycles. The molecule has 28 heavy (non-hydrogen) atoms. The minimum Gasteiger partial charge on any atom is -0.497 e. The van der Waals surface area contributed by atoms with Crippen molar-refractivity contribution in [1.29, 1.82) is 0 Å². The number of rotatable bonds is 6. The van der Waals surface area contributed by atoms with E-state index in [-0.39, 0.29) is 10.9 Å². The Kier molecular flexibility index (Phi) is 6.53. The number of sulfonamides is 1. The second-order valence-electron chi connectivity index (χ2n) is 6.53. The fourth-order valence-electron chi connectivity index (χ4n) is 3.09. The van der Waals surface area contributed by atoms with Crippen LogP contribution in [0.25, 0.3) is 0 Å². The minimum atomic E-state index is -3.51. The summed E-state index contributed by atoms with van der Waals surface area (Å²) in [6.07, 6.45) is 0.720. The van der Waals surface area contributed by atoms with Gasteiger partial charge in [0, 0.05) is 32.7 Å². The first-order valence-electron chi connectivity index (χ1n) is 9.21. The van der Waals surface area contributed by atoms with Crippen LogP contribution in [-0.4, -0.2) is 63.5 Å². The van der Waals surface area contributed by atoms with Crippen molar-refractivity contribution in [2.45, 2.75) is 11.3 Å². The normalized spacial score (nSPS) is 15.2. The van der Waals surface area contributed by atoms with E-state index in [1.165, 1.54) is 4.31 Å². The van der Waals surface area contributed by atoms with Gasteiger partial charge in [0.05, 0.1) is 12.0 Å². The number of benzene rings is 2. The highest BCUT2D eigenvalue weighted by Gasteiger charge is 2.29. The summed E-state index contributed by atoms with van der Waals surface area (Å²) in [5.41, 5.74) is 1.11. The summed E-state index contributed by atoms with van der Waals surface area (Å²) < 4.78 is 31.8. The van der Waals surface area contributed by atoms with Crippen molar-refractivity contribution in [2.75, 3.05) is 39.8 Å². The van der Waals surface area contributed by atoms with Gasteiger partial charge < -0.3 is 15.0 Å². The van der Waals surface area contributed by atoms with E-state index < -0.39 is 10.0 Å². The number of urea groups is 1. The molecule has 7 nitrogen and oxygen atoms in total. The van der Waals surface area contributed by atoms with Crippen LogP contribution in [0.15, 0.2) is 59.5 Å². The van der Waals surface area contributed by atoms with Crippen LogP contribution in [0.1, 0.15) is 5.56 Å². The van der Waals surface area contributed by atoms with E-state index in [2.05, 4.69) is 5.32 Å². The lowest BCUT2D eigenvalue weighted by Gasteiger charge is -2.34. The van der Waals surface area contributed by atoms with Crippen LogP contribution in [0.3, 0.4) is 0 Å². The van der Waals surface area contributed by atoms with Crippen LogP contribution < -0.4 is 10.1 Å². The lowest BCUT2D eigenvalue weighted by molar-refractivity contribution is 0.172. The summed E-state index contributed by atoms with van der Waals surface area (Å²) in [6.45, 7) is 1.86.